The third-order valence-electron chi connectivity index (χ3n) is 3.13. The molecule has 1 saturated heterocycles. The lowest BCUT2D eigenvalue weighted by atomic mass is 10.2. The van der Waals surface area contributed by atoms with Gasteiger partial charge in [-0.15, -0.1) is 0 Å². The fourth-order valence-electron chi connectivity index (χ4n) is 1.95. The number of morpholine rings is 1. The highest BCUT2D eigenvalue weighted by Crippen LogP contribution is 2.19. The van der Waals surface area contributed by atoms with Crippen molar-refractivity contribution in [1.29, 1.82) is 0 Å². The summed E-state index contributed by atoms with van der Waals surface area (Å²) in [7, 11) is 0. The normalized spacial score (nSPS) is 21.7. The van der Waals surface area contributed by atoms with Crippen LogP contribution in [0.4, 0.5) is 0 Å². The number of ether oxygens (including phenoxy) is 1. The van der Waals surface area contributed by atoms with E-state index in [0.717, 1.165) is 25.2 Å². The lowest BCUT2D eigenvalue weighted by molar-refractivity contribution is -0.0327. The average Bonchev–Trinajstić information content (AvgIpc) is 2.39. The highest BCUT2D eigenvalue weighted by Gasteiger charge is 2.23. The van der Waals surface area contributed by atoms with E-state index in [4.69, 9.17) is 4.74 Å². The molecule has 2 heterocycles. The van der Waals surface area contributed by atoms with Crippen LogP contribution >= 0.6 is 0 Å². The Morgan fingerprint density at radius 2 is 2.41 bits per heavy atom. The maximum atomic E-state index is 9.20. The Balaban J connectivity index is 2.16. The molecule has 1 aliphatic heterocycles. The van der Waals surface area contributed by atoms with Gasteiger partial charge in [0, 0.05) is 19.3 Å². The van der Waals surface area contributed by atoms with E-state index in [2.05, 4.69) is 21.8 Å². The molecule has 1 aromatic rings. The Labute approximate surface area is 101 Å². The molecule has 5 nitrogen and oxygen atoms in total. The van der Waals surface area contributed by atoms with Gasteiger partial charge in [0.25, 0.3) is 0 Å². The Hall–Kier alpha value is -1.04. The van der Waals surface area contributed by atoms with Crippen LogP contribution in [0.25, 0.3) is 0 Å². The Bertz CT molecular complexity index is 384. The summed E-state index contributed by atoms with van der Waals surface area (Å²) >= 11 is 0. The van der Waals surface area contributed by atoms with Crippen molar-refractivity contribution in [2.75, 3.05) is 26.2 Å². The maximum absolute atomic E-state index is 9.20. The van der Waals surface area contributed by atoms with Gasteiger partial charge in [0.2, 0.25) is 0 Å². The molecule has 17 heavy (non-hydrogen) atoms. The molecule has 0 amide bonds. The van der Waals surface area contributed by atoms with Crippen LogP contribution in [-0.2, 0) is 11.3 Å². The van der Waals surface area contributed by atoms with Crippen LogP contribution in [0.2, 0.25) is 0 Å². The fourth-order valence-corrected chi connectivity index (χ4v) is 1.95. The maximum Gasteiger partial charge on any atom is 0.158 e. The van der Waals surface area contributed by atoms with Crippen molar-refractivity contribution in [3.05, 3.63) is 23.3 Å². The molecule has 0 bridgehead atoms. The second-order valence-electron chi connectivity index (χ2n) is 4.27. The SMILES string of the molecule is CCN1CCOC(c2ncc(C)c(CO)n2)C1. The molecule has 0 aliphatic carbocycles. The molecule has 1 N–H and O–H groups in total. The molecule has 1 unspecified atom stereocenters. The van der Waals surface area contributed by atoms with E-state index in [1.54, 1.807) is 6.20 Å². The van der Waals surface area contributed by atoms with Gasteiger partial charge in [-0.3, -0.25) is 4.90 Å². The van der Waals surface area contributed by atoms with Gasteiger partial charge in [-0.25, -0.2) is 9.97 Å². The molecule has 0 spiro atoms. The van der Waals surface area contributed by atoms with E-state index in [1.165, 1.54) is 0 Å². The van der Waals surface area contributed by atoms with E-state index in [0.29, 0.717) is 18.1 Å². The second kappa shape index (κ2) is 5.53. The Morgan fingerprint density at radius 1 is 1.59 bits per heavy atom. The van der Waals surface area contributed by atoms with Gasteiger partial charge >= 0.3 is 0 Å². The molecule has 0 saturated carbocycles. The number of aliphatic hydroxyl groups is 1. The molecular weight excluding hydrogens is 218 g/mol. The third kappa shape index (κ3) is 2.80. The van der Waals surface area contributed by atoms with E-state index in [9.17, 15) is 5.11 Å². The zero-order valence-corrected chi connectivity index (χ0v) is 10.4. The predicted octanol–water partition coefficient (Wildman–Crippen LogP) is 0.671. The summed E-state index contributed by atoms with van der Waals surface area (Å²) in [5, 5.41) is 9.20. The Morgan fingerprint density at radius 3 is 3.12 bits per heavy atom. The monoisotopic (exact) mass is 237 g/mol. The van der Waals surface area contributed by atoms with Gasteiger partial charge in [0.05, 0.1) is 18.9 Å². The average molecular weight is 237 g/mol. The summed E-state index contributed by atoms with van der Waals surface area (Å²) in [4.78, 5) is 11.0. The number of aromatic nitrogens is 2. The zero-order valence-electron chi connectivity index (χ0n) is 10.4. The minimum absolute atomic E-state index is 0.0500. The van der Waals surface area contributed by atoms with Gasteiger partial charge < -0.3 is 9.84 Å². The number of aliphatic hydroxyl groups excluding tert-OH is 1. The van der Waals surface area contributed by atoms with Crippen LogP contribution in [0.3, 0.4) is 0 Å². The van der Waals surface area contributed by atoms with Crippen LogP contribution in [0.15, 0.2) is 6.20 Å². The summed E-state index contributed by atoms with van der Waals surface area (Å²) in [5.41, 5.74) is 1.60. The van der Waals surface area contributed by atoms with Crippen molar-refractivity contribution >= 4 is 0 Å². The predicted molar refractivity (Wildman–Crippen MR) is 63.5 cm³/mol. The van der Waals surface area contributed by atoms with Crippen molar-refractivity contribution in [2.45, 2.75) is 26.6 Å². The lowest BCUT2D eigenvalue weighted by Gasteiger charge is -2.31. The van der Waals surface area contributed by atoms with Crippen molar-refractivity contribution in [1.82, 2.24) is 14.9 Å². The Kier molecular flexibility index (Phi) is 4.04. The first-order valence-electron chi connectivity index (χ1n) is 6.01. The minimum atomic E-state index is -0.0744. The van der Waals surface area contributed by atoms with E-state index in [-0.39, 0.29) is 12.7 Å². The van der Waals surface area contributed by atoms with E-state index < -0.39 is 0 Å². The van der Waals surface area contributed by atoms with Crippen LogP contribution in [-0.4, -0.2) is 46.2 Å². The molecule has 1 fully saturated rings. The first-order chi connectivity index (χ1) is 8.24. The molecule has 2 rings (SSSR count). The molecule has 0 radical (unpaired) electrons. The number of rotatable bonds is 3. The summed E-state index contributed by atoms with van der Waals surface area (Å²) < 4.78 is 5.69. The quantitative estimate of drug-likeness (QED) is 0.837. The summed E-state index contributed by atoms with van der Waals surface area (Å²) in [6, 6.07) is 0. The topological polar surface area (TPSA) is 58.5 Å². The standard InChI is InChI=1S/C12H19N3O2/c1-3-15-4-5-17-11(7-15)12-13-6-9(2)10(8-16)14-12/h6,11,16H,3-5,7-8H2,1-2H3. The molecule has 0 aromatic carbocycles. The van der Waals surface area contributed by atoms with Crippen molar-refractivity contribution < 1.29 is 9.84 Å². The van der Waals surface area contributed by atoms with Gasteiger partial charge in [-0.05, 0) is 19.0 Å². The van der Waals surface area contributed by atoms with Gasteiger partial charge in [-0.2, -0.15) is 0 Å². The number of likely N-dealkylation sites (N-methyl/N-ethyl adjacent to an activating group) is 1. The minimum Gasteiger partial charge on any atom is -0.390 e. The molecular formula is C12H19N3O2. The highest BCUT2D eigenvalue weighted by atomic mass is 16.5. The van der Waals surface area contributed by atoms with Gasteiger partial charge in [-0.1, -0.05) is 6.92 Å². The zero-order chi connectivity index (χ0) is 12.3. The molecule has 94 valence electrons. The molecule has 5 heteroatoms. The van der Waals surface area contributed by atoms with Crippen molar-refractivity contribution in [3.63, 3.8) is 0 Å². The first kappa shape index (κ1) is 12.4. The van der Waals surface area contributed by atoms with Gasteiger partial charge in [0.15, 0.2) is 5.82 Å². The largest absolute Gasteiger partial charge is 0.390 e. The van der Waals surface area contributed by atoms with Crippen molar-refractivity contribution in [2.24, 2.45) is 0 Å². The number of hydrogen-bond acceptors (Lipinski definition) is 5. The third-order valence-corrected chi connectivity index (χ3v) is 3.13. The summed E-state index contributed by atoms with van der Waals surface area (Å²) in [5.74, 6) is 0.679. The van der Waals surface area contributed by atoms with Gasteiger partial charge in [0.1, 0.15) is 6.10 Å². The molecule has 1 aromatic heterocycles. The van der Waals surface area contributed by atoms with E-state index in [1.807, 2.05) is 6.92 Å². The van der Waals surface area contributed by atoms with Crippen LogP contribution < -0.4 is 0 Å². The van der Waals surface area contributed by atoms with E-state index >= 15 is 0 Å². The van der Waals surface area contributed by atoms with Crippen LogP contribution in [0.5, 0.6) is 0 Å². The van der Waals surface area contributed by atoms with Crippen LogP contribution in [0.1, 0.15) is 30.1 Å². The molecule has 1 aliphatic rings. The number of nitrogens with zero attached hydrogens (tertiary/aromatic N) is 3. The fraction of sp³-hybridized carbons (Fsp3) is 0.667. The first-order valence-corrected chi connectivity index (χ1v) is 6.01. The van der Waals surface area contributed by atoms with Crippen LogP contribution in [0, 0.1) is 6.92 Å². The van der Waals surface area contributed by atoms with Crippen molar-refractivity contribution in [3.8, 4) is 0 Å². The summed E-state index contributed by atoms with van der Waals surface area (Å²) in [6.07, 6.45) is 1.68. The smallest absolute Gasteiger partial charge is 0.158 e. The second-order valence-corrected chi connectivity index (χ2v) is 4.27. The lowest BCUT2D eigenvalue weighted by Crippen LogP contribution is -2.38. The number of aryl methyl sites for hydroxylation is 1. The number of hydrogen-bond donors (Lipinski definition) is 1. The molecule has 1 atom stereocenters. The highest BCUT2D eigenvalue weighted by molar-refractivity contribution is 5.15. The summed E-state index contributed by atoms with van der Waals surface area (Å²) in [6.45, 7) is 7.50.